The lowest BCUT2D eigenvalue weighted by molar-refractivity contribution is -0.133. The summed E-state index contributed by atoms with van der Waals surface area (Å²) in [4.78, 5) is 16.3. The molecule has 5 heteroatoms. The van der Waals surface area contributed by atoms with Crippen LogP contribution in [0.4, 0.5) is 0 Å². The molecule has 0 spiro atoms. The largest absolute Gasteiger partial charge is 0.393 e. The van der Waals surface area contributed by atoms with Gasteiger partial charge in [-0.25, -0.2) is 0 Å². The van der Waals surface area contributed by atoms with E-state index in [-0.39, 0.29) is 17.9 Å². The number of rotatable bonds is 4. The second kappa shape index (κ2) is 6.01. The van der Waals surface area contributed by atoms with E-state index in [1.54, 1.807) is 16.2 Å². The number of hydrogen-bond acceptors (Lipinski definition) is 3. The number of nitrogens with zero attached hydrogens (tertiary/aromatic N) is 1. The number of carbonyl (C=O) groups is 1. The molecule has 0 radical (unpaired) electrons. The molecule has 0 aliphatic heterocycles. The number of thiocarbonyl (C=S) groups is 1. The third-order valence-corrected chi connectivity index (χ3v) is 5.02. The summed E-state index contributed by atoms with van der Waals surface area (Å²) in [6, 6.07) is 2.17. The molecule has 2 unspecified atom stereocenters. The maximum Gasteiger partial charge on any atom is 0.230 e. The number of fused-ring (bicyclic) bond motifs is 1. The van der Waals surface area contributed by atoms with Crippen molar-refractivity contribution >= 4 is 34.5 Å². The molecule has 2 rings (SSSR count). The van der Waals surface area contributed by atoms with E-state index in [0.29, 0.717) is 11.4 Å². The molecule has 1 aliphatic carbocycles. The van der Waals surface area contributed by atoms with E-state index in [2.05, 4.69) is 11.4 Å². The molecule has 19 heavy (non-hydrogen) atoms. The second-order valence-electron chi connectivity index (χ2n) is 5.21. The van der Waals surface area contributed by atoms with Crippen molar-refractivity contribution in [2.75, 3.05) is 7.05 Å². The third-order valence-electron chi connectivity index (χ3n) is 3.86. The van der Waals surface area contributed by atoms with E-state index >= 15 is 0 Å². The Bertz CT molecular complexity index is 484. The third kappa shape index (κ3) is 3.15. The summed E-state index contributed by atoms with van der Waals surface area (Å²) >= 11 is 6.69. The van der Waals surface area contributed by atoms with Crippen molar-refractivity contribution in [3.8, 4) is 0 Å². The molecule has 0 bridgehead atoms. The smallest absolute Gasteiger partial charge is 0.230 e. The van der Waals surface area contributed by atoms with Gasteiger partial charge in [-0.05, 0) is 43.2 Å². The topological polar surface area (TPSA) is 46.3 Å². The average Bonchev–Trinajstić information content (AvgIpc) is 2.84. The fourth-order valence-corrected chi connectivity index (χ4v) is 3.86. The molecule has 0 saturated heterocycles. The molecule has 104 valence electrons. The minimum atomic E-state index is 0.0220. The summed E-state index contributed by atoms with van der Waals surface area (Å²) in [6.07, 6.45) is 3.75. The van der Waals surface area contributed by atoms with Crippen LogP contribution in [0.5, 0.6) is 0 Å². The number of likely N-dealkylation sites (N-methyl/N-ethyl adjacent to an activating group) is 1. The monoisotopic (exact) mass is 296 g/mol. The summed E-state index contributed by atoms with van der Waals surface area (Å²) in [6.45, 7) is 1.99. The highest BCUT2D eigenvalue weighted by molar-refractivity contribution is 7.80. The van der Waals surface area contributed by atoms with Crippen molar-refractivity contribution in [1.82, 2.24) is 4.90 Å². The summed E-state index contributed by atoms with van der Waals surface area (Å²) in [7, 11) is 1.85. The van der Waals surface area contributed by atoms with Gasteiger partial charge >= 0.3 is 0 Å². The van der Waals surface area contributed by atoms with Crippen LogP contribution in [0, 0.1) is 0 Å². The minimum Gasteiger partial charge on any atom is -0.393 e. The zero-order chi connectivity index (χ0) is 14.0. The van der Waals surface area contributed by atoms with Crippen molar-refractivity contribution in [2.24, 2.45) is 5.73 Å². The Hall–Kier alpha value is -0.940. The number of amides is 1. The number of hydrogen-bond donors (Lipinski definition) is 1. The highest BCUT2D eigenvalue weighted by atomic mass is 32.1. The Labute approximate surface area is 123 Å². The van der Waals surface area contributed by atoms with Gasteiger partial charge in [0.1, 0.15) is 0 Å². The van der Waals surface area contributed by atoms with E-state index in [1.165, 1.54) is 10.4 Å². The molecule has 1 amide bonds. The molecule has 0 saturated carbocycles. The van der Waals surface area contributed by atoms with Crippen LogP contribution in [0.15, 0.2) is 11.4 Å². The molecule has 2 atom stereocenters. The summed E-state index contributed by atoms with van der Waals surface area (Å²) in [5.41, 5.74) is 6.80. The van der Waals surface area contributed by atoms with Gasteiger partial charge in [0.15, 0.2) is 0 Å². The Morgan fingerprint density at radius 3 is 3.11 bits per heavy atom. The number of carbonyl (C=O) groups excluding carboxylic acids is 1. The Morgan fingerprint density at radius 1 is 1.68 bits per heavy atom. The fourth-order valence-electron chi connectivity index (χ4n) is 2.63. The van der Waals surface area contributed by atoms with Gasteiger partial charge in [0.25, 0.3) is 0 Å². The van der Waals surface area contributed by atoms with Gasteiger partial charge in [0.05, 0.1) is 10.9 Å². The van der Waals surface area contributed by atoms with Crippen LogP contribution >= 0.6 is 23.6 Å². The number of aryl methyl sites for hydroxylation is 1. The van der Waals surface area contributed by atoms with Crippen molar-refractivity contribution < 1.29 is 4.79 Å². The predicted octanol–water partition coefficient (Wildman–Crippen LogP) is 2.69. The average molecular weight is 296 g/mol. The van der Waals surface area contributed by atoms with E-state index < -0.39 is 0 Å². The Kier molecular flexibility index (Phi) is 4.58. The fraction of sp³-hybridized carbons (Fsp3) is 0.571. The van der Waals surface area contributed by atoms with E-state index in [4.69, 9.17) is 18.0 Å². The molecule has 1 aromatic rings. The van der Waals surface area contributed by atoms with Gasteiger partial charge in [-0.2, -0.15) is 0 Å². The molecule has 1 aliphatic rings. The highest BCUT2D eigenvalue weighted by Gasteiger charge is 2.30. The van der Waals surface area contributed by atoms with Gasteiger partial charge in [-0.1, -0.05) is 12.2 Å². The molecule has 1 heterocycles. The van der Waals surface area contributed by atoms with Crippen molar-refractivity contribution in [3.63, 3.8) is 0 Å². The van der Waals surface area contributed by atoms with Crippen molar-refractivity contribution in [1.29, 1.82) is 0 Å². The number of nitrogens with two attached hydrogens (primary N) is 1. The van der Waals surface area contributed by atoms with Gasteiger partial charge in [0.2, 0.25) is 5.91 Å². The van der Waals surface area contributed by atoms with Gasteiger partial charge in [0, 0.05) is 24.4 Å². The van der Waals surface area contributed by atoms with Crippen LogP contribution in [-0.4, -0.2) is 28.9 Å². The van der Waals surface area contributed by atoms with Crippen LogP contribution in [0.1, 0.15) is 42.5 Å². The zero-order valence-corrected chi connectivity index (χ0v) is 13.0. The van der Waals surface area contributed by atoms with Gasteiger partial charge < -0.3 is 10.6 Å². The van der Waals surface area contributed by atoms with Crippen LogP contribution in [0.3, 0.4) is 0 Å². The van der Waals surface area contributed by atoms with E-state index in [1.807, 2.05) is 14.0 Å². The van der Waals surface area contributed by atoms with Crippen molar-refractivity contribution in [3.05, 3.63) is 21.9 Å². The molecule has 1 aromatic heterocycles. The minimum absolute atomic E-state index is 0.0220. The highest BCUT2D eigenvalue weighted by Crippen LogP contribution is 2.36. The quantitative estimate of drug-likeness (QED) is 0.869. The SMILES string of the molecule is CC(CC(N)=S)N(C)C(=O)C1CCCc2sccc21. The lowest BCUT2D eigenvalue weighted by Crippen LogP contribution is -2.40. The second-order valence-corrected chi connectivity index (χ2v) is 6.74. The Morgan fingerprint density at radius 2 is 2.42 bits per heavy atom. The first kappa shape index (κ1) is 14.5. The number of thiophene rings is 1. The van der Waals surface area contributed by atoms with Crippen LogP contribution in [0.2, 0.25) is 0 Å². The van der Waals surface area contributed by atoms with Crippen LogP contribution in [-0.2, 0) is 11.2 Å². The standard InChI is InChI=1S/C14H20N2OS2/c1-9(8-13(15)18)16(2)14(17)11-4-3-5-12-10(11)6-7-19-12/h6-7,9,11H,3-5,8H2,1-2H3,(H2,15,18). The van der Waals surface area contributed by atoms with Gasteiger partial charge in [-0.15, -0.1) is 11.3 Å². The normalized spacial score (nSPS) is 19.6. The van der Waals surface area contributed by atoms with E-state index in [9.17, 15) is 4.79 Å². The van der Waals surface area contributed by atoms with Crippen molar-refractivity contribution in [2.45, 2.75) is 44.6 Å². The summed E-state index contributed by atoms with van der Waals surface area (Å²) in [5.74, 6) is 0.219. The lowest BCUT2D eigenvalue weighted by Gasteiger charge is -2.30. The Balaban J connectivity index is 2.11. The molecular weight excluding hydrogens is 276 g/mol. The first-order chi connectivity index (χ1) is 9.00. The first-order valence-corrected chi connectivity index (χ1v) is 7.90. The zero-order valence-electron chi connectivity index (χ0n) is 11.4. The summed E-state index contributed by atoms with van der Waals surface area (Å²) in [5, 5.41) is 2.09. The van der Waals surface area contributed by atoms with Crippen LogP contribution < -0.4 is 5.73 Å². The predicted molar refractivity (Wildman–Crippen MR) is 83.6 cm³/mol. The first-order valence-electron chi connectivity index (χ1n) is 6.62. The summed E-state index contributed by atoms with van der Waals surface area (Å²) < 4.78 is 0. The molecule has 2 N–H and O–H groups in total. The lowest BCUT2D eigenvalue weighted by atomic mass is 9.86. The molecular formula is C14H20N2OS2. The van der Waals surface area contributed by atoms with Crippen LogP contribution in [0.25, 0.3) is 0 Å². The molecule has 0 aromatic carbocycles. The molecule has 0 fully saturated rings. The maximum atomic E-state index is 12.6. The molecule has 3 nitrogen and oxygen atoms in total. The van der Waals surface area contributed by atoms with E-state index in [0.717, 1.165) is 19.3 Å². The van der Waals surface area contributed by atoms with Gasteiger partial charge in [-0.3, -0.25) is 4.79 Å². The maximum absolute atomic E-state index is 12.6.